The van der Waals surface area contributed by atoms with Gasteiger partial charge in [0, 0.05) is 11.9 Å². The van der Waals surface area contributed by atoms with Gasteiger partial charge in [0.1, 0.15) is 0 Å². The lowest BCUT2D eigenvalue weighted by Gasteiger charge is -2.06. The number of nitrogens with one attached hydrogen (secondary N) is 3. The summed E-state index contributed by atoms with van der Waals surface area (Å²) in [5.74, 6) is -0.477. The number of anilines is 1. The van der Waals surface area contributed by atoms with Crippen molar-refractivity contribution in [2.75, 3.05) is 11.6 Å². The predicted molar refractivity (Wildman–Crippen MR) is 63.6 cm³/mol. The molecule has 0 saturated carbocycles. The number of hydrogen-bond donors (Lipinski definition) is 4. The van der Waals surface area contributed by atoms with Gasteiger partial charge < -0.3 is 11.1 Å². The molecule has 5 N–H and O–H groups in total. The molecule has 0 radical (unpaired) electrons. The van der Waals surface area contributed by atoms with Crippen LogP contribution < -0.4 is 16.4 Å². The first-order valence-electron chi connectivity index (χ1n) is 4.51. The Balaban J connectivity index is 2.76. The number of carbonyl (C=O) groups excluding carboxylic acids is 1. The predicted octanol–water partition coefficient (Wildman–Crippen LogP) is 0.105. The number of amides is 2. The van der Waals surface area contributed by atoms with E-state index < -0.39 is 21.8 Å². The molecule has 0 aliphatic carbocycles. The van der Waals surface area contributed by atoms with Crippen molar-refractivity contribution in [1.29, 1.82) is 5.41 Å². The molecule has 0 aliphatic heterocycles. The van der Waals surface area contributed by atoms with Gasteiger partial charge in [-0.2, -0.15) is 0 Å². The van der Waals surface area contributed by atoms with E-state index in [1.165, 1.54) is 24.3 Å². The van der Waals surface area contributed by atoms with E-state index >= 15 is 0 Å². The number of hydrogen-bond acceptors (Lipinski definition) is 4. The van der Waals surface area contributed by atoms with Crippen molar-refractivity contribution in [3.8, 4) is 0 Å². The number of benzene rings is 1. The van der Waals surface area contributed by atoms with Crippen LogP contribution in [0.5, 0.6) is 0 Å². The summed E-state index contributed by atoms with van der Waals surface area (Å²) in [7, 11) is -3.25. The number of carbonyl (C=O) groups is 1. The van der Waals surface area contributed by atoms with Gasteiger partial charge in [-0.1, -0.05) is 0 Å². The van der Waals surface area contributed by atoms with Crippen LogP contribution in [0.3, 0.4) is 0 Å². The Hall–Kier alpha value is -2.09. The molecule has 0 saturated heterocycles. The topological polar surface area (TPSA) is 125 Å². The largest absolute Gasteiger partial charge is 0.370 e. The van der Waals surface area contributed by atoms with Crippen LogP contribution in [-0.4, -0.2) is 26.7 Å². The van der Waals surface area contributed by atoms with Crippen molar-refractivity contribution >= 4 is 27.5 Å². The van der Waals surface area contributed by atoms with Gasteiger partial charge in [-0.3, -0.25) is 10.7 Å². The van der Waals surface area contributed by atoms with Gasteiger partial charge in [0.25, 0.3) is 0 Å². The highest BCUT2D eigenvalue weighted by molar-refractivity contribution is 7.90. The maximum Gasteiger partial charge on any atom is 0.325 e. The molecule has 0 heterocycles. The van der Waals surface area contributed by atoms with E-state index in [9.17, 15) is 13.2 Å². The first kappa shape index (κ1) is 13.0. The lowest BCUT2D eigenvalue weighted by Crippen LogP contribution is -2.38. The number of urea groups is 1. The fourth-order valence-corrected chi connectivity index (χ4v) is 1.70. The highest BCUT2D eigenvalue weighted by Gasteiger charge is 2.07. The smallest absolute Gasteiger partial charge is 0.325 e. The summed E-state index contributed by atoms with van der Waals surface area (Å²) in [4.78, 5) is 11.3. The van der Waals surface area contributed by atoms with Crippen molar-refractivity contribution in [3.63, 3.8) is 0 Å². The summed E-state index contributed by atoms with van der Waals surface area (Å²) in [6.45, 7) is 0. The SMILES string of the molecule is CS(=O)(=O)c1ccc(NC(=O)NC(=N)N)cc1. The monoisotopic (exact) mass is 256 g/mol. The van der Waals surface area contributed by atoms with Crippen LogP contribution in [0.4, 0.5) is 10.5 Å². The Labute approximate surface area is 98.4 Å². The molecular formula is C9H12N4O3S. The number of sulfone groups is 1. The first-order chi connectivity index (χ1) is 7.79. The molecule has 1 aromatic rings. The summed E-state index contributed by atoms with van der Waals surface area (Å²) < 4.78 is 22.3. The highest BCUT2D eigenvalue weighted by atomic mass is 32.2. The molecule has 0 aliphatic rings. The highest BCUT2D eigenvalue weighted by Crippen LogP contribution is 2.13. The van der Waals surface area contributed by atoms with Crippen LogP contribution in [0, 0.1) is 5.41 Å². The van der Waals surface area contributed by atoms with Crippen molar-refractivity contribution < 1.29 is 13.2 Å². The minimum Gasteiger partial charge on any atom is -0.370 e. The zero-order valence-electron chi connectivity index (χ0n) is 9.02. The van der Waals surface area contributed by atoms with E-state index in [1.807, 2.05) is 5.32 Å². The van der Waals surface area contributed by atoms with Gasteiger partial charge in [0.15, 0.2) is 15.8 Å². The van der Waals surface area contributed by atoms with Gasteiger partial charge in [-0.05, 0) is 24.3 Å². The first-order valence-corrected chi connectivity index (χ1v) is 6.40. The molecule has 0 spiro atoms. The van der Waals surface area contributed by atoms with E-state index in [0.717, 1.165) is 6.26 Å². The minimum atomic E-state index is -3.25. The third kappa shape index (κ3) is 4.11. The molecule has 7 nitrogen and oxygen atoms in total. The van der Waals surface area contributed by atoms with Crippen LogP contribution in [0.25, 0.3) is 0 Å². The molecule has 1 aromatic carbocycles. The van der Waals surface area contributed by atoms with Crippen molar-refractivity contribution in [2.45, 2.75) is 4.90 Å². The van der Waals surface area contributed by atoms with Crippen molar-refractivity contribution in [3.05, 3.63) is 24.3 Å². The molecule has 92 valence electrons. The van der Waals surface area contributed by atoms with E-state index in [-0.39, 0.29) is 4.90 Å². The lowest BCUT2D eigenvalue weighted by atomic mass is 10.3. The maximum absolute atomic E-state index is 11.2. The molecule has 0 atom stereocenters. The van der Waals surface area contributed by atoms with Crippen LogP contribution in [-0.2, 0) is 9.84 Å². The average molecular weight is 256 g/mol. The molecule has 0 bridgehead atoms. The summed E-state index contributed by atoms with van der Waals surface area (Å²) >= 11 is 0. The Kier molecular flexibility index (Phi) is 3.69. The van der Waals surface area contributed by atoms with Gasteiger partial charge in [-0.15, -0.1) is 0 Å². The number of rotatable bonds is 2. The number of nitrogens with two attached hydrogens (primary N) is 1. The number of guanidine groups is 1. The van der Waals surface area contributed by atoms with E-state index in [1.54, 1.807) is 0 Å². The van der Waals surface area contributed by atoms with E-state index in [0.29, 0.717) is 5.69 Å². The minimum absolute atomic E-state index is 0.162. The second-order valence-electron chi connectivity index (χ2n) is 3.29. The van der Waals surface area contributed by atoms with Crippen LogP contribution >= 0.6 is 0 Å². The van der Waals surface area contributed by atoms with E-state index in [2.05, 4.69) is 5.32 Å². The third-order valence-electron chi connectivity index (χ3n) is 1.79. The molecular weight excluding hydrogens is 244 g/mol. The molecule has 0 fully saturated rings. The Bertz CT molecular complexity index is 536. The lowest BCUT2D eigenvalue weighted by molar-refractivity contribution is 0.256. The zero-order valence-corrected chi connectivity index (χ0v) is 9.84. The van der Waals surface area contributed by atoms with Crippen molar-refractivity contribution in [2.24, 2.45) is 5.73 Å². The van der Waals surface area contributed by atoms with Crippen LogP contribution in [0.2, 0.25) is 0 Å². The standard InChI is InChI=1S/C9H12N4O3S/c1-17(15,16)7-4-2-6(3-5-7)12-9(14)13-8(10)11/h2-5H,1H3,(H5,10,11,12,13,14). The van der Waals surface area contributed by atoms with Crippen LogP contribution in [0.15, 0.2) is 29.2 Å². The van der Waals surface area contributed by atoms with Gasteiger partial charge in [-0.25, -0.2) is 13.2 Å². The molecule has 1 rings (SSSR count). The van der Waals surface area contributed by atoms with Crippen molar-refractivity contribution in [1.82, 2.24) is 5.32 Å². The Morgan fingerprint density at radius 2 is 1.82 bits per heavy atom. The average Bonchev–Trinajstić information content (AvgIpc) is 2.15. The maximum atomic E-state index is 11.2. The third-order valence-corrected chi connectivity index (χ3v) is 2.92. The normalized spacial score (nSPS) is 10.6. The second-order valence-corrected chi connectivity index (χ2v) is 5.31. The van der Waals surface area contributed by atoms with Gasteiger partial charge >= 0.3 is 6.03 Å². The molecule has 0 aromatic heterocycles. The van der Waals surface area contributed by atoms with Gasteiger partial charge in [0.05, 0.1) is 4.90 Å². The molecule has 17 heavy (non-hydrogen) atoms. The fraction of sp³-hybridized carbons (Fsp3) is 0.111. The summed E-state index contributed by atoms with van der Waals surface area (Å²) in [6, 6.07) is 4.97. The quantitative estimate of drug-likeness (QED) is 0.442. The second kappa shape index (κ2) is 4.83. The van der Waals surface area contributed by atoms with Gasteiger partial charge in [0.2, 0.25) is 0 Å². The van der Waals surface area contributed by atoms with E-state index in [4.69, 9.17) is 11.1 Å². The molecule has 2 amide bonds. The summed E-state index contributed by atoms with van der Waals surface area (Å²) in [5.41, 5.74) is 5.36. The molecule has 8 heteroatoms. The Morgan fingerprint density at radius 3 is 2.24 bits per heavy atom. The molecule has 0 unspecified atom stereocenters. The summed E-state index contributed by atoms with van der Waals surface area (Å²) in [6.07, 6.45) is 1.10. The zero-order chi connectivity index (χ0) is 13.1. The summed E-state index contributed by atoms with van der Waals surface area (Å²) in [5, 5.41) is 11.2. The Morgan fingerprint density at radius 1 is 1.29 bits per heavy atom. The van der Waals surface area contributed by atoms with Crippen LogP contribution in [0.1, 0.15) is 0 Å². The fourth-order valence-electron chi connectivity index (χ4n) is 1.07.